The summed E-state index contributed by atoms with van der Waals surface area (Å²) in [6.07, 6.45) is 0. The molecule has 4 aromatic rings. The fraction of sp³-hybridized carbons (Fsp3) is 0. The number of thiazole rings is 1. The van der Waals surface area contributed by atoms with Gasteiger partial charge in [-0.15, -0.1) is 22.7 Å². The second kappa shape index (κ2) is 4.51. The molecule has 0 aliphatic carbocycles. The summed E-state index contributed by atoms with van der Waals surface area (Å²) in [5.41, 5.74) is 1.72. The van der Waals surface area contributed by atoms with Gasteiger partial charge in [0.2, 0.25) is 0 Å². The largest absolute Gasteiger partial charge is 0.288 e. The van der Waals surface area contributed by atoms with Crippen molar-refractivity contribution in [3.05, 3.63) is 64.1 Å². The van der Waals surface area contributed by atoms with Crippen LogP contribution < -0.4 is 5.43 Å². The van der Waals surface area contributed by atoms with Crippen LogP contribution in [0.2, 0.25) is 0 Å². The summed E-state index contributed by atoms with van der Waals surface area (Å²) in [5.74, 6) is 0. The monoisotopic (exact) mass is 295 g/mol. The van der Waals surface area contributed by atoms with Crippen molar-refractivity contribution in [3.63, 3.8) is 0 Å². The molecule has 2 heterocycles. The van der Waals surface area contributed by atoms with Crippen LogP contribution in [0, 0.1) is 0 Å². The van der Waals surface area contributed by atoms with Gasteiger partial charge in [0.25, 0.3) is 0 Å². The summed E-state index contributed by atoms with van der Waals surface area (Å²) in [5, 5.41) is 3.50. The lowest BCUT2D eigenvalue weighted by Gasteiger charge is -1.98. The summed E-state index contributed by atoms with van der Waals surface area (Å²) in [6.45, 7) is 0. The molecule has 0 saturated heterocycles. The van der Waals surface area contributed by atoms with Crippen LogP contribution >= 0.6 is 22.7 Å². The van der Waals surface area contributed by atoms with Gasteiger partial charge in [0.15, 0.2) is 5.43 Å². The maximum Gasteiger partial charge on any atom is 0.198 e. The first-order chi connectivity index (χ1) is 9.83. The number of aromatic nitrogens is 1. The van der Waals surface area contributed by atoms with Crippen LogP contribution in [0.3, 0.4) is 0 Å². The summed E-state index contributed by atoms with van der Waals surface area (Å²) in [6, 6.07) is 15.7. The predicted molar refractivity (Wildman–Crippen MR) is 86.7 cm³/mol. The Bertz CT molecular complexity index is 951. The van der Waals surface area contributed by atoms with E-state index < -0.39 is 0 Å². The van der Waals surface area contributed by atoms with Gasteiger partial charge >= 0.3 is 0 Å². The van der Waals surface area contributed by atoms with E-state index in [1.165, 1.54) is 0 Å². The summed E-state index contributed by atoms with van der Waals surface area (Å²) >= 11 is 3.16. The highest BCUT2D eigenvalue weighted by molar-refractivity contribution is 7.22. The molecule has 2 aromatic carbocycles. The molecule has 2 nitrogen and oxygen atoms in total. The number of nitrogens with zero attached hydrogens (tertiary/aromatic N) is 1. The normalized spacial score (nSPS) is 11.2. The molecular formula is C16H9NOS2. The van der Waals surface area contributed by atoms with E-state index in [1.807, 2.05) is 53.9 Å². The van der Waals surface area contributed by atoms with Gasteiger partial charge in [0.1, 0.15) is 5.01 Å². The maximum absolute atomic E-state index is 12.6. The average Bonchev–Trinajstić information content (AvgIpc) is 2.91. The SMILES string of the molecule is O=c1c(-c2nc3ccccc3s2)csc2ccccc12. The molecule has 0 saturated carbocycles. The van der Waals surface area contributed by atoms with Gasteiger partial charge < -0.3 is 0 Å². The second-order valence-electron chi connectivity index (χ2n) is 4.46. The summed E-state index contributed by atoms with van der Waals surface area (Å²) < 4.78 is 2.13. The minimum atomic E-state index is 0.0680. The molecule has 0 aliphatic heterocycles. The Morgan fingerprint density at radius 1 is 0.900 bits per heavy atom. The number of hydrogen-bond donors (Lipinski definition) is 0. The van der Waals surface area contributed by atoms with Gasteiger partial charge in [-0.3, -0.25) is 4.79 Å². The topological polar surface area (TPSA) is 30.0 Å². The molecule has 96 valence electrons. The number of para-hydroxylation sites is 1. The predicted octanol–water partition coefficient (Wildman–Crippen LogP) is 4.54. The molecule has 0 spiro atoms. The number of fused-ring (bicyclic) bond motifs is 2. The zero-order chi connectivity index (χ0) is 13.5. The van der Waals surface area contributed by atoms with E-state index in [9.17, 15) is 4.79 Å². The van der Waals surface area contributed by atoms with E-state index in [4.69, 9.17) is 0 Å². The van der Waals surface area contributed by atoms with Crippen LogP contribution in [-0.2, 0) is 0 Å². The first kappa shape index (κ1) is 11.8. The van der Waals surface area contributed by atoms with E-state index >= 15 is 0 Å². The highest BCUT2D eigenvalue weighted by Crippen LogP contribution is 2.30. The summed E-state index contributed by atoms with van der Waals surface area (Å²) in [4.78, 5) is 17.2. The van der Waals surface area contributed by atoms with Crippen LogP contribution in [0.4, 0.5) is 0 Å². The lowest BCUT2D eigenvalue weighted by molar-refractivity contribution is 1.48. The van der Waals surface area contributed by atoms with Gasteiger partial charge in [-0.25, -0.2) is 4.98 Å². The molecule has 0 unspecified atom stereocenters. The van der Waals surface area contributed by atoms with Crippen LogP contribution in [-0.4, -0.2) is 4.98 Å². The fourth-order valence-electron chi connectivity index (χ4n) is 2.21. The van der Waals surface area contributed by atoms with Crippen LogP contribution in [0.1, 0.15) is 0 Å². The second-order valence-corrected chi connectivity index (χ2v) is 6.40. The van der Waals surface area contributed by atoms with E-state index in [1.54, 1.807) is 22.7 Å². The first-order valence-electron chi connectivity index (χ1n) is 6.19. The third-order valence-electron chi connectivity index (χ3n) is 3.20. The number of benzene rings is 2. The van der Waals surface area contributed by atoms with Crippen molar-refractivity contribution in [3.8, 4) is 10.6 Å². The summed E-state index contributed by atoms with van der Waals surface area (Å²) in [7, 11) is 0. The zero-order valence-electron chi connectivity index (χ0n) is 10.4. The molecular weight excluding hydrogens is 286 g/mol. The Kier molecular flexibility index (Phi) is 2.65. The molecule has 4 rings (SSSR count). The Hall–Kier alpha value is -2.04. The third-order valence-corrected chi connectivity index (χ3v) is 5.24. The quantitative estimate of drug-likeness (QED) is 0.516. The molecule has 0 aliphatic rings. The molecule has 0 amide bonds. The minimum absolute atomic E-state index is 0.0680. The Morgan fingerprint density at radius 3 is 2.50 bits per heavy atom. The first-order valence-corrected chi connectivity index (χ1v) is 7.89. The van der Waals surface area contributed by atoms with Crippen molar-refractivity contribution < 1.29 is 0 Å². The Balaban J connectivity index is 2.02. The van der Waals surface area contributed by atoms with Crippen LogP contribution in [0.5, 0.6) is 0 Å². The zero-order valence-corrected chi connectivity index (χ0v) is 12.0. The van der Waals surface area contributed by atoms with Crippen molar-refractivity contribution in [2.45, 2.75) is 0 Å². The van der Waals surface area contributed by atoms with E-state index in [0.717, 1.165) is 25.3 Å². The number of rotatable bonds is 1. The van der Waals surface area contributed by atoms with Gasteiger partial charge in [0.05, 0.1) is 15.8 Å². The van der Waals surface area contributed by atoms with E-state index in [2.05, 4.69) is 4.98 Å². The smallest absolute Gasteiger partial charge is 0.198 e. The Labute approximate surface area is 123 Å². The van der Waals surface area contributed by atoms with Gasteiger partial charge in [-0.05, 0) is 24.3 Å². The average molecular weight is 295 g/mol. The molecule has 0 atom stereocenters. The van der Waals surface area contributed by atoms with Gasteiger partial charge in [-0.2, -0.15) is 0 Å². The maximum atomic E-state index is 12.6. The van der Waals surface area contributed by atoms with Crippen LogP contribution in [0.15, 0.2) is 58.7 Å². The van der Waals surface area contributed by atoms with E-state index in [-0.39, 0.29) is 5.43 Å². The van der Waals surface area contributed by atoms with Crippen molar-refractivity contribution in [2.24, 2.45) is 0 Å². The van der Waals surface area contributed by atoms with Crippen molar-refractivity contribution in [2.75, 3.05) is 0 Å². The standard InChI is InChI=1S/C16H9NOS2/c18-15-10-5-1-3-7-13(10)19-9-11(15)16-17-12-6-2-4-8-14(12)20-16/h1-9H. The molecule has 0 fully saturated rings. The van der Waals surface area contributed by atoms with E-state index in [0.29, 0.717) is 5.56 Å². The molecule has 4 heteroatoms. The number of hydrogen-bond acceptors (Lipinski definition) is 4. The fourth-order valence-corrected chi connectivity index (χ4v) is 4.17. The highest BCUT2D eigenvalue weighted by atomic mass is 32.1. The molecule has 0 radical (unpaired) electrons. The van der Waals surface area contributed by atoms with Crippen LogP contribution in [0.25, 0.3) is 30.9 Å². The minimum Gasteiger partial charge on any atom is -0.288 e. The molecule has 0 N–H and O–H groups in total. The van der Waals surface area contributed by atoms with Crippen molar-refractivity contribution >= 4 is 43.0 Å². The van der Waals surface area contributed by atoms with Crippen molar-refractivity contribution in [1.82, 2.24) is 4.98 Å². The van der Waals surface area contributed by atoms with Crippen molar-refractivity contribution in [1.29, 1.82) is 0 Å². The molecule has 20 heavy (non-hydrogen) atoms. The van der Waals surface area contributed by atoms with Gasteiger partial charge in [0, 0.05) is 15.5 Å². The highest BCUT2D eigenvalue weighted by Gasteiger charge is 2.11. The van der Waals surface area contributed by atoms with Gasteiger partial charge in [-0.1, -0.05) is 24.3 Å². The lowest BCUT2D eigenvalue weighted by Crippen LogP contribution is -2.03. The molecule has 0 bridgehead atoms. The molecule has 2 aromatic heterocycles. The third kappa shape index (κ3) is 1.77. The Morgan fingerprint density at radius 2 is 1.65 bits per heavy atom. The lowest BCUT2D eigenvalue weighted by atomic mass is 10.2.